The zero-order chi connectivity index (χ0) is 14.9. The molecule has 0 fully saturated rings. The van der Waals surface area contributed by atoms with Crippen molar-refractivity contribution in [3.8, 4) is 0 Å². The number of hydrogen-bond acceptors (Lipinski definition) is 0. The quantitative estimate of drug-likeness (QED) is 0.213. The van der Waals surface area contributed by atoms with Crippen molar-refractivity contribution in [2.75, 3.05) is 0 Å². The van der Waals surface area contributed by atoms with Gasteiger partial charge in [0, 0.05) is 0 Å². The van der Waals surface area contributed by atoms with Gasteiger partial charge in [0.05, 0.1) is 0 Å². The van der Waals surface area contributed by atoms with Gasteiger partial charge in [0.25, 0.3) is 0 Å². The molecule has 0 aliphatic carbocycles. The van der Waals surface area contributed by atoms with E-state index in [4.69, 9.17) is 0 Å². The average molecular weight is 281 g/mol. The van der Waals surface area contributed by atoms with E-state index in [-0.39, 0.29) is 0 Å². The molecular formula is C20H40. The van der Waals surface area contributed by atoms with Gasteiger partial charge >= 0.3 is 0 Å². The topological polar surface area (TPSA) is 0 Å². The second kappa shape index (κ2) is 16.8. The maximum atomic E-state index is 2.41. The molecular weight excluding hydrogens is 240 g/mol. The smallest absolute Gasteiger partial charge is 0.0351 e. The molecule has 0 radical (unpaired) electrons. The van der Waals surface area contributed by atoms with Gasteiger partial charge in [-0.25, -0.2) is 0 Å². The van der Waals surface area contributed by atoms with E-state index in [9.17, 15) is 0 Å². The second-order valence-electron chi connectivity index (χ2n) is 6.38. The lowest BCUT2D eigenvalue weighted by Crippen LogP contribution is -1.99. The molecule has 0 aliphatic rings. The minimum atomic E-state index is 1.00. The van der Waals surface area contributed by atoms with E-state index < -0.39 is 0 Å². The second-order valence-corrected chi connectivity index (χ2v) is 6.38. The Morgan fingerprint density at radius 2 is 1.10 bits per heavy atom. The number of rotatable bonds is 15. The lowest BCUT2D eigenvalue weighted by Gasteiger charge is -2.14. The molecule has 0 bridgehead atoms. The molecule has 0 amide bonds. The summed E-state index contributed by atoms with van der Waals surface area (Å²) in [6.07, 6.45) is 24.4. The molecule has 0 aliphatic heterocycles. The van der Waals surface area contributed by atoms with Crippen LogP contribution in [0.25, 0.3) is 0 Å². The van der Waals surface area contributed by atoms with Crippen LogP contribution in [-0.4, -0.2) is 0 Å². The fourth-order valence-electron chi connectivity index (χ4n) is 2.86. The standard InChI is InChI=1S/C20H40/c1-4-7-9-11-12-13-14-15-17-19-20(6-3)18-16-10-8-5-2/h12-13,20H,4-11,14-19H2,1-3H3/b13-12+. The maximum Gasteiger partial charge on any atom is -0.0351 e. The predicted molar refractivity (Wildman–Crippen MR) is 94.3 cm³/mol. The lowest BCUT2D eigenvalue weighted by molar-refractivity contribution is 0.399. The average Bonchev–Trinajstić information content (AvgIpc) is 2.47. The zero-order valence-corrected chi connectivity index (χ0v) is 14.6. The highest BCUT2D eigenvalue weighted by Crippen LogP contribution is 2.20. The molecule has 120 valence electrons. The van der Waals surface area contributed by atoms with Crippen molar-refractivity contribution in [2.24, 2.45) is 5.92 Å². The Bertz CT molecular complexity index is 192. The Morgan fingerprint density at radius 1 is 0.600 bits per heavy atom. The number of hydrogen-bond donors (Lipinski definition) is 0. The third kappa shape index (κ3) is 14.2. The van der Waals surface area contributed by atoms with Gasteiger partial charge in [0.1, 0.15) is 0 Å². The SMILES string of the molecule is CCCCC/C=C/CCCCC(CC)CCCCCC. The summed E-state index contributed by atoms with van der Waals surface area (Å²) in [5.41, 5.74) is 0. The van der Waals surface area contributed by atoms with Crippen molar-refractivity contribution in [3.63, 3.8) is 0 Å². The Kier molecular flexibility index (Phi) is 16.6. The summed E-state index contributed by atoms with van der Waals surface area (Å²) in [5.74, 6) is 1.00. The van der Waals surface area contributed by atoms with Crippen molar-refractivity contribution in [2.45, 2.75) is 111 Å². The third-order valence-corrected chi connectivity index (χ3v) is 4.42. The van der Waals surface area contributed by atoms with Gasteiger partial charge in [0.15, 0.2) is 0 Å². The van der Waals surface area contributed by atoms with E-state index in [0.29, 0.717) is 0 Å². The predicted octanol–water partition coefficient (Wildman–Crippen LogP) is 7.68. The molecule has 1 atom stereocenters. The first-order valence-corrected chi connectivity index (χ1v) is 9.50. The molecule has 0 nitrogen and oxygen atoms in total. The van der Waals surface area contributed by atoms with Crippen molar-refractivity contribution in [1.29, 1.82) is 0 Å². The summed E-state index contributed by atoms with van der Waals surface area (Å²) in [7, 11) is 0. The van der Waals surface area contributed by atoms with Crippen LogP contribution in [-0.2, 0) is 0 Å². The van der Waals surface area contributed by atoms with Crippen LogP contribution < -0.4 is 0 Å². The van der Waals surface area contributed by atoms with Gasteiger partial charge in [-0.15, -0.1) is 0 Å². The van der Waals surface area contributed by atoms with Crippen LogP contribution in [0, 0.1) is 5.92 Å². The molecule has 20 heavy (non-hydrogen) atoms. The zero-order valence-electron chi connectivity index (χ0n) is 14.6. The van der Waals surface area contributed by atoms with Crippen LogP contribution in [0.3, 0.4) is 0 Å². The van der Waals surface area contributed by atoms with E-state index in [0.717, 1.165) is 5.92 Å². The van der Waals surface area contributed by atoms with E-state index in [1.807, 2.05) is 0 Å². The van der Waals surface area contributed by atoms with Gasteiger partial charge < -0.3 is 0 Å². The normalized spacial score (nSPS) is 13.2. The largest absolute Gasteiger partial charge is 0.0885 e. The third-order valence-electron chi connectivity index (χ3n) is 4.42. The van der Waals surface area contributed by atoms with Gasteiger partial charge in [0.2, 0.25) is 0 Å². The Hall–Kier alpha value is -0.260. The Labute approximate surface area is 129 Å². The fraction of sp³-hybridized carbons (Fsp3) is 0.900. The van der Waals surface area contributed by atoms with Crippen molar-refractivity contribution in [3.05, 3.63) is 12.2 Å². The first-order valence-electron chi connectivity index (χ1n) is 9.50. The molecule has 0 aromatic heterocycles. The fourth-order valence-corrected chi connectivity index (χ4v) is 2.86. The molecule has 0 aromatic carbocycles. The molecule has 0 spiro atoms. The Balaban J connectivity index is 3.36. The molecule has 0 saturated carbocycles. The van der Waals surface area contributed by atoms with Crippen LogP contribution in [0.4, 0.5) is 0 Å². The van der Waals surface area contributed by atoms with Gasteiger partial charge in [-0.05, 0) is 31.6 Å². The molecule has 0 aromatic rings. The highest BCUT2D eigenvalue weighted by Gasteiger charge is 2.05. The summed E-state index contributed by atoms with van der Waals surface area (Å²) < 4.78 is 0. The van der Waals surface area contributed by atoms with E-state index >= 15 is 0 Å². The number of unbranched alkanes of at least 4 members (excludes halogenated alkanes) is 8. The Morgan fingerprint density at radius 3 is 1.65 bits per heavy atom. The highest BCUT2D eigenvalue weighted by atomic mass is 14.1. The first-order chi connectivity index (χ1) is 9.85. The van der Waals surface area contributed by atoms with Crippen LogP contribution in [0.2, 0.25) is 0 Å². The monoisotopic (exact) mass is 280 g/mol. The molecule has 0 heteroatoms. The summed E-state index contributed by atoms with van der Waals surface area (Å²) in [6, 6.07) is 0. The van der Waals surface area contributed by atoms with E-state index in [1.54, 1.807) is 0 Å². The molecule has 0 saturated heterocycles. The van der Waals surface area contributed by atoms with Crippen molar-refractivity contribution < 1.29 is 0 Å². The molecule has 1 unspecified atom stereocenters. The van der Waals surface area contributed by atoms with E-state index in [1.165, 1.54) is 89.9 Å². The summed E-state index contributed by atoms with van der Waals surface area (Å²) in [4.78, 5) is 0. The number of allylic oxidation sites excluding steroid dienone is 2. The van der Waals surface area contributed by atoms with Crippen molar-refractivity contribution >= 4 is 0 Å². The first kappa shape index (κ1) is 19.7. The lowest BCUT2D eigenvalue weighted by atomic mass is 9.92. The summed E-state index contributed by atoms with van der Waals surface area (Å²) in [6.45, 7) is 6.95. The van der Waals surface area contributed by atoms with Gasteiger partial charge in [-0.2, -0.15) is 0 Å². The van der Waals surface area contributed by atoms with Crippen LogP contribution in [0.1, 0.15) is 111 Å². The van der Waals surface area contributed by atoms with Gasteiger partial charge in [-0.3, -0.25) is 0 Å². The molecule has 0 rings (SSSR count). The highest BCUT2D eigenvalue weighted by molar-refractivity contribution is 4.81. The molecule has 0 heterocycles. The minimum Gasteiger partial charge on any atom is -0.0885 e. The van der Waals surface area contributed by atoms with Crippen LogP contribution in [0.15, 0.2) is 12.2 Å². The summed E-state index contributed by atoms with van der Waals surface area (Å²) in [5, 5.41) is 0. The van der Waals surface area contributed by atoms with Gasteiger partial charge in [-0.1, -0.05) is 97.1 Å². The minimum absolute atomic E-state index is 1.00. The van der Waals surface area contributed by atoms with E-state index in [2.05, 4.69) is 32.9 Å². The van der Waals surface area contributed by atoms with Crippen molar-refractivity contribution in [1.82, 2.24) is 0 Å². The van der Waals surface area contributed by atoms with Crippen LogP contribution >= 0.6 is 0 Å². The maximum absolute atomic E-state index is 2.41. The summed E-state index contributed by atoms with van der Waals surface area (Å²) >= 11 is 0. The molecule has 0 N–H and O–H groups in total. The van der Waals surface area contributed by atoms with Crippen LogP contribution in [0.5, 0.6) is 0 Å².